The standard InChI is InChI=1S/C22H39NO3Si2/c1-21(2,3)27(7,8)25-18-11-14-15(20-16(23)13-17(14)24-20)12-19(18)26-28(9,10)22(4,5)6/h11-12,16-17,20H,13,23H2,1-10H3/t16-,17+,20+/m1/s1. The van der Waals surface area contributed by atoms with Crippen LogP contribution < -0.4 is 14.6 Å². The summed E-state index contributed by atoms with van der Waals surface area (Å²) in [5.74, 6) is 1.76. The van der Waals surface area contributed by atoms with Crippen LogP contribution in [0, 0.1) is 0 Å². The maximum absolute atomic E-state index is 6.77. The molecule has 3 rings (SSSR count). The van der Waals surface area contributed by atoms with Gasteiger partial charge in [0.25, 0.3) is 16.6 Å². The molecule has 0 aromatic heterocycles. The van der Waals surface area contributed by atoms with E-state index in [-0.39, 0.29) is 28.3 Å². The molecule has 0 radical (unpaired) electrons. The maximum Gasteiger partial charge on any atom is 0.250 e. The lowest BCUT2D eigenvalue weighted by atomic mass is 9.88. The molecule has 0 unspecified atom stereocenters. The third kappa shape index (κ3) is 3.69. The Labute approximate surface area is 173 Å². The highest BCUT2D eigenvalue weighted by molar-refractivity contribution is 6.75. The lowest BCUT2D eigenvalue weighted by Gasteiger charge is -2.40. The molecule has 4 nitrogen and oxygen atoms in total. The van der Waals surface area contributed by atoms with Gasteiger partial charge in [0.05, 0.1) is 12.2 Å². The van der Waals surface area contributed by atoms with Gasteiger partial charge in [-0.15, -0.1) is 0 Å². The molecule has 3 atom stereocenters. The molecule has 1 fully saturated rings. The summed E-state index contributed by atoms with van der Waals surface area (Å²) < 4.78 is 19.7. The quantitative estimate of drug-likeness (QED) is 0.580. The molecule has 0 saturated carbocycles. The van der Waals surface area contributed by atoms with E-state index in [1.807, 2.05) is 0 Å². The third-order valence-electron chi connectivity index (χ3n) is 7.33. The fraction of sp³-hybridized carbons (Fsp3) is 0.727. The van der Waals surface area contributed by atoms with Gasteiger partial charge in [-0.25, -0.2) is 0 Å². The summed E-state index contributed by atoms with van der Waals surface area (Å²) in [6, 6.07) is 4.43. The Hall–Kier alpha value is -0.826. The van der Waals surface area contributed by atoms with Gasteiger partial charge in [-0.3, -0.25) is 0 Å². The van der Waals surface area contributed by atoms with E-state index in [0.29, 0.717) is 0 Å². The van der Waals surface area contributed by atoms with Crippen molar-refractivity contribution in [1.29, 1.82) is 0 Å². The summed E-state index contributed by atoms with van der Waals surface area (Å²) >= 11 is 0. The smallest absolute Gasteiger partial charge is 0.250 e. The zero-order valence-electron chi connectivity index (χ0n) is 19.4. The van der Waals surface area contributed by atoms with Crippen molar-refractivity contribution in [3.8, 4) is 11.5 Å². The molecule has 1 aromatic rings. The Morgan fingerprint density at radius 1 is 0.857 bits per heavy atom. The third-order valence-corrected chi connectivity index (χ3v) is 16.0. The summed E-state index contributed by atoms with van der Waals surface area (Å²) in [7, 11) is -4.00. The Balaban J connectivity index is 2.06. The van der Waals surface area contributed by atoms with E-state index in [9.17, 15) is 0 Å². The van der Waals surface area contributed by atoms with Crippen LogP contribution >= 0.6 is 0 Å². The van der Waals surface area contributed by atoms with Crippen molar-refractivity contribution >= 4 is 16.6 Å². The van der Waals surface area contributed by atoms with Crippen molar-refractivity contribution in [3.05, 3.63) is 23.3 Å². The van der Waals surface area contributed by atoms with Gasteiger partial charge in [0.15, 0.2) is 0 Å². The van der Waals surface area contributed by atoms with Crippen molar-refractivity contribution in [1.82, 2.24) is 0 Å². The number of hydrogen-bond acceptors (Lipinski definition) is 4. The highest BCUT2D eigenvalue weighted by atomic mass is 28.4. The molecule has 28 heavy (non-hydrogen) atoms. The minimum absolute atomic E-state index is 0.0105. The molecule has 2 heterocycles. The van der Waals surface area contributed by atoms with Crippen molar-refractivity contribution in [3.63, 3.8) is 0 Å². The van der Waals surface area contributed by atoms with Crippen LogP contribution in [0.15, 0.2) is 12.1 Å². The summed E-state index contributed by atoms with van der Waals surface area (Å²) in [5.41, 5.74) is 8.73. The highest BCUT2D eigenvalue weighted by Crippen LogP contribution is 2.54. The average Bonchev–Trinajstić information content (AvgIpc) is 3.02. The number of ether oxygens (including phenoxy) is 1. The number of fused-ring (bicyclic) bond motifs is 5. The predicted molar refractivity (Wildman–Crippen MR) is 121 cm³/mol. The van der Waals surface area contributed by atoms with Crippen molar-refractivity contribution in [2.75, 3.05) is 0 Å². The van der Waals surface area contributed by atoms with Crippen LogP contribution in [0.4, 0.5) is 0 Å². The topological polar surface area (TPSA) is 53.7 Å². The zero-order valence-corrected chi connectivity index (χ0v) is 21.4. The molecule has 1 aromatic carbocycles. The van der Waals surface area contributed by atoms with E-state index in [1.54, 1.807) is 0 Å². The molecule has 2 N–H and O–H groups in total. The molecule has 0 amide bonds. The van der Waals surface area contributed by atoms with Crippen LogP contribution in [0.1, 0.15) is 71.3 Å². The van der Waals surface area contributed by atoms with E-state index in [2.05, 4.69) is 79.9 Å². The fourth-order valence-corrected chi connectivity index (χ4v) is 5.37. The van der Waals surface area contributed by atoms with E-state index in [0.717, 1.165) is 17.9 Å². The second-order valence-electron chi connectivity index (χ2n) is 11.6. The number of hydrogen-bond donors (Lipinski definition) is 1. The van der Waals surface area contributed by atoms with Crippen LogP contribution in [0.25, 0.3) is 0 Å². The first-order valence-corrected chi connectivity index (χ1v) is 16.3. The van der Waals surface area contributed by atoms with Crippen LogP contribution in [-0.2, 0) is 4.74 Å². The second-order valence-corrected chi connectivity index (χ2v) is 21.0. The Kier molecular flexibility index (Phi) is 5.15. The number of nitrogens with two attached hydrogens (primary N) is 1. The number of benzene rings is 1. The minimum Gasteiger partial charge on any atom is -0.541 e. The summed E-state index contributed by atoms with van der Waals surface area (Å²) in [6.45, 7) is 22.7. The van der Waals surface area contributed by atoms with Gasteiger partial charge < -0.3 is 19.3 Å². The Morgan fingerprint density at radius 3 is 1.71 bits per heavy atom. The van der Waals surface area contributed by atoms with Gasteiger partial charge in [-0.1, -0.05) is 41.5 Å². The first kappa shape index (κ1) is 21.9. The van der Waals surface area contributed by atoms with Gasteiger partial charge in [-0.2, -0.15) is 0 Å². The number of rotatable bonds is 4. The summed E-state index contributed by atoms with van der Waals surface area (Å²) in [6.07, 6.45) is 0.974. The van der Waals surface area contributed by atoms with Crippen LogP contribution in [-0.4, -0.2) is 22.7 Å². The lowest BCUT2D eigenvalue weighted by molar-refractivity contribution is 0.0679. The molecule has 6 heteroatoms. The second kappa shape index (κ2) is 6.59. The molecular weight excluding hydrogens is 382 g/mol. The van der Waals surface area contributed by atoms with Crippen LogP contribution in [0.3, 0.4) is 0 Å². The predicted octanol–water partition coefficient (Wildman–Crippen LogP) is 6.30. The fourth-order valence-electron chi connectivity index (χ4n) is 3.34. The monoisotopic (exact) mass is 421 g/mol. The Bertz CT molecular complexity index is 762. The van der Waals surface area contributed by atoms with Crippen LogP contribution in [0.2, 0.25) is 36.3 Å². The molecule has 1 saturated heterocycles. The normalized spacial score (nSPS) is 25.0. The summed E-state index contributed by atoms with van der Waals surface area (Å²) in [4.78, 5) is 0. The van der Waals surface area contributed by atoms with E-state index in [4.69, 9.17) is 19.3 Å². The molecule has 0 spiro atoms. The van der Waals surface area contributed by atoms with Gasteiger partial charge in [0.2, 0.25) is 0 Å². The largest absolute Gasteiger partial charge is 0.541 e. The molecule has 2 aliphatic heterocycles. The maximum atomic E-state index is 6.77. The van der Waals surface area contributed by atoms with Gasteiger partial charge >= 0.3 is 0 Å². The molecule has 158 valence electrons. The van der Waals surface area contributed by atoms with Gasteiger partial charge in [-0.05, 0) is 65.9 Å². The molecular formula is C22H39NO3Si2. The molecule has 2 bridgehead atoms. The SMILES string of the molecule is CC(C)(C)[Si](C)(C)Oc1cc2c(cc1O[Si](C)(C)C(C)(C)C)[C@@H]1O[C@H]2C[C@H]1N. The van der Waals surface area contributed by atoms with Crippen molar-refractivity contribution in [2.24, 2.45) is 5.73 Å². The lowest BCUT2D eigenvalue weighted by Crippen LogP contribution is -2.45. The van der Waals surface area contributed by atoms with E-state index < -0.39 is 16.6 Å². The molecule has 2 aliphatic rings. The molecule has 0 aliphatic carbocycles. The zero-order chi connectivity index (χ0) is 21.3. The summed E-state index contributed by atoms with van der Waals surface area (Å²) in [5, 5.41) is 0.240. The van der Waals surface area contributed by atoms with Crippen molar-refractivity contribution < 1.29 is 13.6 Å². The Morgan fingerprint density at radius 2 is 1.29 bits per heavy atom. The average molecular weight is 422 g/mol. The van der Waals surface area contributed by atoms with E-state index >= 15 is 0 Å². The van der Waals surface area contributed by atoms with Crippen LogP contribution in [0.5, 0.6) is 11.5 Å². The first-order valence-electron chi connectivity index (χ1n) is 10.5. The van der Waals surface area contributed by atoms with Crippen molar-refractivity contribution in [2.45, 2.75) is 102 Å². The van der Waals surface area contributed by atoms with Gasteiger partial charge in [0, 0.05) is 6.04 Å². The highest BCUT2D eigenvalue weighted by Gasteiger charge is 2.47. The first-order chi connectivity index (χ1) is 12.5. The van der Waals surface area contributed by atoms with Gasteiger partial charge in [0.1, 0.15) is 11.5 Å². The minimum atomic E-state index is -2.01. The van der Waals surface area contributed by atoms with E-state index in [1.165, 1.54) is 11.1 Å².